The summed E-state index contributed by atoms with van der Waals surface area (Å²) < 4.78 is 19.3. The van der Waals surface area contributed by atoms with E-state index in [1.54, 1.807) is 26.2 Å². The molecular weight excluding hydrogens is 283 g/mol. The molecule has 0 atom stereocenters. The summed E-state index contributed by atoms with van der Waals surface area (Å²) in [6, 6.07) is 14.3. The minimum atomic E-state index is -0.411. The molecule has 0 aromatic heterocycles. The van der Waals surface area contributed by atoms with E-state index in [0.717, 1.165) is 5.56 Å². The molecule has 2 rings (SSSR count). The van der Waals surface area contributed by atoms with Crippen molar-refractivity contribution in [3.05, 3.63) is 59.9 Å². The summed E-state index contributed by atoms with van der Waals surface area (Å²) in [6.07, 6.45) is 0. The first-order valence-corrected chi connectivity index (χ1v) is 6.96. The second kappa shape index (κ2) is 7.45. The van der Waals surface area contributed by atoms with Crippen molar-refractivity contribution in [2.24, 2.45) is 0 Å². The third-order valence-electron chi connectivity index (χ3n) is 3.13. The van der Waals surface area contributed by atoms with Gasteiger partial charge in [0, 0.05) is 26.7 Å². The van der Waals surface area contributed by atoms with Gasteiger partial charge in [0.15, 0.2) is 6.61 Å². The highest BCUT2D eigenvalue weighted by Gasteiger charge is 2.08. The molecule has 0 radical (unpaired) electrons. The van der Waals surface area contributed by atoms with Crippen LogP contribution in [0.3, 0.4) is 0 Å². The van der Waals surface area contributed by atoms with Crippen LogP contribution in [0.25, 0.3) is 0 Å². The Labute approximate surface area is 129 Å². The van der Waals surface area contributed by atoms with Crippen molar-refractivity contribution in [1.82, 2.24) is 4.90 Å². The van der Waals surface area contributed by atoms with Gasteiger partial charge in [-0.2, -0.15) is 0 Å². The first kappa shape index (κ1) is 15.8. The normalized spacial score (nSPS) is 10.1. The monoisotopic (exact) mass is 302 g/mol. The molecular formula is C17H19FN2O2. The molecule has 0 saturated carbocycles. The molecule has 4 nitrogen and oxygen atoms in total. The average Bonchev–Trinajstić information content (AvgIpc) is 2.52. The predicted octanol–water partition coefficient (Wildman–Crippen LogP) is 2.90. The van der Waals surface area contributed by atoms with Crippen LogP contribution in [-0.2, 0) is 11.3 Å². The standard InChI is InChI=1S/C17H19FN2O2/c1-20(2)17(21)12-22-14-8-9-16(15(18)10-14)19-11-13-6-4-3-5-7-13/h3-10,19H,11-12H2,1-2H3. The predicted molar refractivity (Wildman–Crippen MR) is 84.4 cm³/mol. The number of benzene rings is 2. The first-order chi connectivity index (χ1) is 10.6. The minimum absolute atomic E-state index is 0.108. The maximum atomic E-state index is 14.0. The van der Waals surface area contributed by atoms with Gasteiger partial charge in [0.25, 0.3) is 5.91 Å². The number of anilines is 1. The lowest BCUT2D eigenvalue weighted by Gasteiger charge is -2.12. The molecule has 1 amide bonds. The van der Waals surface area contributed by atoms with Gasteiger partial charge >= 0.3 is 0 Å². The fourth-order valence-corrected chi connectivity index (χ4v) is 1.80. The lowest BCUT2D eigenvalue weighted by atomic mass is 10.2. The van der Waals surface area contributed by atoms with E-state index in [0.29, 0.717) is 18.0 Å². The number of hydrogen-bond acceptors (Lipinski definition) is 3. The summed E-state index contributed by atoms with van der Waals surface area (Å²) in [7, 11) is 3.28. The second-order valence-electron chi connectivity index (χ2n) is 5.06. The van der Waals surface area contributed by atoms with Crippen LogP contribution in [0.1, 0.15) is 5.56 Å². The largest absolute Gasteiger partial charge is 0.484 e. The van der Waals surface area contributed by atoms with Crippen LogP contribution in [0.5, 0.6) is 5.75 Å². The summed E-state index contributed by atoms with van der Waals surface area (Å²) in [5.41, 5.74) is 1.47. The van der Waals surface area contributed by atoms with Crippen molar-refractivity contribution < 1.29 is 13.9 Å². The molecule has 0 aliphatic carbocycles. The Balaban J connectivity index is 1.93. The van der Waals surface area contributed by atoms with Crippen molar-refractivity contribution in [2.45, 2.75) is 6.54 Å². The third-order valence-corrected chi connectivity index (χ3v) is 3.13. The second-order valence-corrected chi connectivity index (χ2v) is 5.06. The van der Waals surface area contributed by atoms with E-state index in [-0.39, 0.29) is 12.5 Å². The molecule has 0 aliphatic heterocycles. The fraction of sp³-hybridized carbons (Fsp3) is 0.235. The van der Waals surface area contributed by atoms with E-state index in [4.69, 9.17) is 4.74 Å². The quantitative estimate of drug-likeness (QED) is 0.892. The van der Waals surface area contributed by atoms with Crippen LogP contribution in [0.4, 0.5) is 10.1 Å². The van der Waals surface area contributed by atoms with Gasteiger partial charge in [-0.3, -0.25) is 4.79 Å². The summed E-state index contributed by atoms with van der Waals surface area (Å²) >= 11 is 0. The molecule has 5 heteroatoms. The van der Waals surface area contributed by atoms with Gasteiger partial charge < -0.3 is 15.0 Å². The van der Waals surface area contributed by atoms with Crippen molar-refractivity contribution in [3.63, 3.8) is 0 Å². The van der Waals surface area contributed by atoms with E-state index < -0.39 is 5.82 Å². The number of ether oxygens (including phenoxy) is 1. The van der Waals surface area contributed by atoms with Gasteiger partial charge in [-0.05, 0) is 17.7 Å². The maximum absolute atomic E-state index is 14.0. The molecule has 0 saturated heterocycles. The van der Waals surface area contributed by atoms with E-state index in [1.165, 1.54) is 11.0 Å². The molecule has 0 unspecified atom stereocenters. The van der Waals surface area contributed by atoms with E-state index in [2.05, 4.69) is 5.32 Å². The Kier molecular flexibility index (Phi) is 5.36. The molecule has 0 spiro atoms. The highest BCUT2D eigenvalue weighted by molar-refractivity contribution is 5.77. The van der Waals surface area contributed by atoms with Gasteiger partial charge in [0.1, 0.15) is 11.6 Å². The zero-order valence-corrected chi connectivity index (χ0v) is 12.7. The van der Waals surface area contributed by atoms with E-state index >= 15 is 0 Å². The number of amides is 1. The van der Waals surface area contributed by atoms with Crippen LogP contribution >= 0.6 is 0 Å². The Morgan fingerprint density at radius 1 is 1.18 bits per heavy atom. The summed E-state index contributed by atoms with van der Waals surface area (Å²) in [6.45, 7) is 0.431. The van der Waals surface area contributed by atoms with E-state index in [9.17, 15) is 9.18 Å². The number of halogens is 1. The Morgan fingerprint density at radius 2 is 1.91 bits per heavy atom. The fourth-order valence-electron chi connectivity index (χ4n) is 1.80. The number of rotatable bonds is 6. The van der Waals surface area contributed by atoms with Gasteiger partial charge in [-0.1, -0.05) is 30.3 Å². The van der Waals surface area contributed by atoms with Gasteiger partial charge in [-0.15, -0.1) is 0 Å². The Morgan fingerprint density at radius 3 is 2.55 bits per heavy atom. The van der Waals surface area contributed by atoms with Crippen molar-refractivity contribution in [2.75, 3.05) is 26.0 Å². The number of carbonyl (C=O) groups excluding carboxylic acids is 1. The number of likely N-dealkylation sites (N-methyl/N-ethyl adjacent to an activating group) is 1. The Hall–Kier alpha value is -2.56. The number of hydrogen-bond donors (Lipinski definition) is 1. The lowest BCUT2D eigenvalue weighted by molar-refractivity contribution is -0.130. The van der Waals surface area contributed by atoms with Gasteiger partial charge in [0.2, 0.25) is 0 Å². The van der Waals surface area contributed by atoms with Crippen molar-refractivity contribution in [3.8, 4) is 5.75 Å². The maximum Gasteiger partial charge on any atom is 0.259 e. The molecule has 0 fully saturated rings. The van der Waals surface area contributed by atoms with Crippen molar-refractivity contribution in [1.29, 1.82) is 0 Å². The van der Waals surface area contributed by atoms with Crippen LogP contribution in [0.2, 0.25) is 0 Å². The zero-order valence-electron chi connectivity index (χ0n) is 12.7. The molecule has 2 aromatic rings. The first-order valence-electron chi connectivity index (χ1n) is 6.96. The number of nitrogens with zero attached hydrogens (tertiary/aromatic N) is 1. The molecule has 0 heterocycles. The molecule has 2 aromatic carbocycles. The third kappa shape index (κ3) is 4.48. The summed E-state index contributed by atoms with van der Waals surface area (Å²) in [5.74, 6) is -0.254. The highest BCUT2D eigenvalue weighted by atomic mass is 19.1. The summed E-state index contributed by atoms with van der Waals surface area (Å²) in [5, 5.41) is 3.03. The van der Waals surface area contributed by atoms with Crippen LogP contribution in [0.15, 0.2) is 48.5 Å². The average molecular weight is 302 g/mol. The molecule has 0 bridgehead atoms. The smallest absolute Gasteiger partial charge is 0.259 e. The highest BCUT2D eigenvalue weighted by Crippen LogP contribution is 2.21. The molecule has 22 heavy (non-hydrogen) atoms. The molecule has 116 valence electrons. The van der Waals surface area contributed by atoms with Gasteiger partial charge in [0.05, 0.1) is 5.69 Å². The minimum Gasteiger partial charge on any atom is -0.484 e. The van der Waals surface area contributed by atoms with Gasteiger partial charge in [-0.25, -0.2) is 4.39 Å². The lowest BCUT2D eigenvalue weighted by Crippen LogP contribution is -2.27. The van der Waals surface area contributed by atoms with Crippen LogP contribution in [0, 0.1) is 5.82 Å². The number of nitrogens with one attached hydrogen (secondary N) is 1. The van der Waals surface area contributed by atoms with E-state index in [1.807, 2.05) is 30.3 Å². The number of carbonyl (C=O) groups is 1. The zero-order chi connectivity index (χ0) is 15.9. The molecule has 0 aliphatic rings. The van der Waals surface area contributed by atoms with Crippen LogP contribution in [-0.4, -0.2) is 31.5 Å². The van der Waals surface area contributed by atoms with Crippen molar-refractivity contribution >= 4 is 11.6 Å². The topological polar surface area (TPSA) is 41.6 Å². The van der Waals surface area contributed by atoms with Crippen LogP contribution < -0.4 is 10.1 Å². The molecule has 1 N–H and O–H groups in total. The summed E-state index contributed by atoms with van der Waals surface area (Å²) in [4.78, 5) is 12.8. The Bertz CT molecular complexity index is 630. The SMILES string of the molecule is CN(C)C(=O)COc1ccc(NCc2ccccc2)c(F)c1.